The van der Waals surface area contributed by atoms with Gasteiger partial charge in [-0.2, -0.15) is 10.4 Å². The number of rotatable bonds is 8. The van der Waals surface area contributed by atoms with E-state index < -0.39 is 18.3 Å². The number of nitrogens with zero attached hydrogens (tertiary/aromatic N) is 5. The van der Waals surface area contributed by atoms with Crippen LogP contribution in [0.15, 0.2) is 30.7 Å². The molecule has 0 aliphatic rings. The fourth-order valence-electron chi connectivity index (χ4n) is 2.89. The molecule has 0 radical (unpaired) electrons. The highest BCUT2D eigenvalue weighted by Crippen LogP contribution is 2.25. The Balaban J connectivity index is 1.94. The van der Waals surface area contributed by atoms with Crippen LogP contribution in [0.1, 0.15) is 43.1 Å². The summed E-state index contributed by atoms with van der Waals surface area (Å²) in [5.74, 6) is -0.383. The molecule has 162 valence electrons. The van der Waals surface area contributed by atoms with Gasteiger partial charge in [0.05, 0.1) is 46.5 Å². The summed E-state index contributed by atoms with van der Waals surface area (Å²) < 4.78 is 14.7. The van der Waals surface area contributed by atoms with Crippen LogP contribution in [-0.4, -0.2) is 55.5 Å². The van der Waals surface area contributed by atoms with Gasteiger partial charge < -0.3 is 15.7 Å². The van der Waals surface area contributed by atoms with Gasteiger partial charge >= 0.3 is 0 Å². The van der Waals surface area contributed by atoms with Crippen molar-refractivity contribution < 1.29 is 14.3 Å². The van der Waals surface area contributed by atoms with Gasteiger partial charge in [0.1, 0.15) is 18.4 Å². The number of anilines is 1. The number of nitriles is 1. The fraction of sp³-hybridized carbons (Fsp3) is 0.381. The Labute approximate surface area is 178 Å². The minimum absolute atomic E-state index is 0.258. The second-order valence-corrected chi connectivity index (χ2v) is 7.90. The molecular formula is C21H24FN7O2. The molecule has 1 amide bonds. The Hall–Kier alpha value is -3.58. The first-order valence-corrected chi connectivity index (χ1v) is 9.79. The lowest BCUT2D eigenvalue weighted by Gasteiger charge is -2.19. The van der Waals surface area contributed by atoms with E-state index in [9.17, 15) is 14.3 Å². The van der Waals surface area contributed by atoms with E-state index in [2.05, 4.69) is 25.7 Å². The molecular weight excluding hydrogens is 401 g/mol. The maximum absolute atomic E-state index is 13.1. The maximum atomic E-state index is 13.1. The molecule has 0 aliphatic heterocycles. The lowest BCUT2D eigenvalue weighted by molar-refractivity contribution is 0.0693. The fourth-order valence-corrected chi connectivity index (χ4v) is 2.89. The minimum Gasteiger partial charge on any atom is -0.390 e. The quantitative estimate of drug-likeness (QED) is 0.505. The predicted molar refractivity (Wildman–Crippen MR) is 113 cm³/mol. The van der Waals surface area contributed by atoms with E-state index in [-0.39, 0.29) is 18.0 Å². The molecule has 0 saturated carbocycles. The zero-order chi connectivity index (χ0) is 22.6. The summed E-state index contributed by atoms with van der Waals surface area (Å²) >= 11 is 0. The number of carbonyl (C=O) groups excluding carboxylic acids is 1. The third-order valence-corrected chi connectivity index (χ3v) is 4.56. The highest BCUT2D eigenvalue weighted by atomic mass is 19.1. The molecule has 1 atom stereocenters. The predicted octanol–water partition coefficient (Wildman–Crippen LogP) is 2.32. The summed E-state index contributed by atoms with van der Waals surface area (Å²) in [7, 11) is 0. The van der Waals surface area contributed by atoms with Gasteiger partial charge in [-0.15, -0.1) is 0 Å². The third kappa shape index (κ3) is 5.32. The number of pyridine rings is 1. The van der Waals surface area contributed by atoms with Gasteiger partial charge in [0.2, 0.25) is 0 Å². The van der Waals surface area contributed by atoms with Crippen molar-refractivity contribution in [3.05, 3.63) is 41.9 Å². The molecule has 10 heteroatoms. The van der Waals surface area contributed by atoms with Crippen molar-refractivity contribution in [1.82, 2.24) is 24.9 Å². The van der Waals surface area contributed by atoms with E-state index in [4.69, 9.17) is 5.26 Å². The molecule has 3 N–H and O–H groups in total. The number of aliphatic hydroxyl groups is 1. The summed E-state index contributed by atoms with van der Waals surface area (Å²) in [6.45, 7) is 4.64. The van der Waals surface area contributed by atoms with Crippen molar-refractivity contribution in [2.45, 2.75) is 38.8 Å². The standard InChI is InChI=1S/C21H24FN7O2/c1-13(8-22)28-16-7-17(18-12-26-19-6-14(9-23)10-27-29(18)19)25-11-15(16)20(30)24-5-4-21(2,3)31/h6-7,10-13,31H,4-5,8H2,1-3H3,(H,24,30)(H,25,28)/t13-/m0/s1. The van der Waals surface area contributed by atoms with Gasteiger partial charge in [0.25, 0.3) is 5.91 Å². The topological polar surface area (TPSA) is 128 Å². The Bertz CT molecular complexity index is 1130. The Morgan fingerprint density at radius 3 is 2.77 bits per heavy atom. The smallest absolute Gasteiger partial charge is 0.254 e. The maximum Gasteiger partial charge on any atom is 0.254 e. The average molecular weight is 425 g/mol. The monoisotopic (exact) mass is 425 g/mol. The summed E-state index contributed by atoms with van der Waals surface area (Å²) in [6.07, 6.45) is 4.78. The van der Waals surface area contributed by atoms with E-state index >= 15 is 0 Å². The first-order valence-electron chi connectivity index (χ1n) is 9.79. The van der Waals surface area contributed by atoms with Crippen LogP contribution >= 0.6 is 0 Å². The van der Waals surface area contributed by atoms with Crippen molar-refractivity contribution >= 4 is 17.2 Å². The molecule has 3 aromatic rings. The SMILES string of the molecule is C[C@@H](CF)Nc1cc(-c2cnc3cc(C#N)cnn23)ncc1C(=O)NCCC(C)(C)O. The van der Waals surface area contributed by atoms with Crippen LogP contribution < -0.4 is 10.6 Å². The first-order chi connectivity index (χ1) is 14.7. The van der Waals surface area contributed by atoms with Crippen LogP contribution in [-0.2, 0) is 0 Å². The zero-order valence-corrected chi connectivity index (χ0v) is 17.6. The lowest BCUT2D eigenvalue weighted by Crippen LogP contribution is -2.31. The minimum atomic E-state index is -0.902. The number of carbonyl (C=O) groups is 1. The highest BCUT2D eigenvalue weighted by molar-refractivity contribution is 5.99. The molecule has 0 saturated heterocycles. The van der Waals surface area contributed by atoms with Crippen LogP contribution in [0.5, 0.6) is 0 Å². The van der Waals surface area contributed by atoms with E-state index in [1.807, 2.05) is 6.07 Å². The largest absolute Gasteiger partial charge is 0.390 e. The zero-order valence-electron chi connectivity index (χ0n) is 17.6. The summed E-state index contributed by atoms with van der Waals surface area (Å²) in [4.78, 5) is 21.3. The number of halogens is 1. The van der Waals surface area contributed by atoms with E-state index in [0.29, 0.717) is 34.7 Å². The lowest BCUT2D eigenvalue weighted by atomic mass is 10.1. The van der Waals surface area contributed by atoms with Crippen molar-refractivity contribution in [1.29, 1.82) is 5.26 Å². The van der Waals surface area contributed by atoms with Gasteiger partial charge in [-0.3, -0.25) is 9.78 Å². The number of imidazole rings is 1. The molecule has 3 heterocycles. The number of amides is 1. The van der Waals surface area contributed by atoms with Crippen molar-refractivity contribution in [2.75, 3.05) is 18.5 Å². The van der Waals surface area contributed by atoms with Gasteiger partial charge in [0, 0.05) is 18.8 Å². The number of aromatic nitrogens is 4. The molecule has 3 rings (SSSR count). The van der Waals surface area contributed by atoms with Crippen LogP contribution in [0.4, 0.5) is 10.1 Å². The van der Waals surface area contributed by atoms with Gasteiger partial charge in [-0.1, -0.05) is 0 Å². The summed E-state index contributed by atoms with van der Waals surface area (Å²) in [6, 6.07) is 4.74. The second kappa shape index (κ2) is 9.06. The van der Waals surface area contributed by atoms with Crippen molar-refractivity contribution in [3.8, 4) is 17.5 Å². The number of hydrogen-bond donors (Lipinski definition) is 3. The van der Waals surface area contributed by atoms with E-state index in [0.717, 1.165) is 0 Å². The molecule has 0 aromatic carbocycles. The number of fused-ring (bicyclic) bond motifs is 1. The Morgan fingerprint density at radius 1 is 1.32 bits per heavy atom. The van der Waals surface area contributed by atoms with Gasteiger partial charge in [-0.05, 0) is 33.3 Å². The number of hydrogen-bond acceptors (Lipinski definition) is 7. The highest BCUT2D eigenvalue weighted by Gasteiger charge is 2.19. The number of alkyl halides is 1. The van der Waals surface area contributed by atoms with Crippen molar-refractivity contribution in [3.63, 3.8) is 0 Å². The molecule has 0 bridgehead atoms. The Morgan fingerprint density at radius 2 is 2.10 bits per heavy atom. The van der Waals surface area contributed by atoms with Gasteiger partial charge in [-0.25, -0.2) is 13.9 Å². The number of nitrogens with one attached hydrogen (secondary N) is 2. The van der Waals surface area contributed by atoms with Gasteiger partial charge in [0.15, 0.2) is 5.65 Å². The second-order valence-electron chi connectivity index (χ2n) is 7.90. The summed E-state index contributed by atoms with van der Waals surface area (Å²) in [5.41, 5.74) is 1.68. The van der Waals surface area contributed by atoms with E-state index in [1.165, 1.54) is 16.9 Å². The molecule has 9 nitrogen and oxygen atoms in total. The summed E-state index contributed by atoms with van der Waals surface area (Å²) in [5, 5.41) is 28.8. The molecule has 0 unspecified atom stereocenters. The third-order valence-electron chi connectivity index (χ3n) is 4.56. The Kier molecular flexibility index (Phi) is 6.46. The first kappa shape index (κ1) is 22.1. The van der Waals surface area contributed by atoms with Crippen LogP contribution in [0.25, 0.3) is 17.0 Å². The molecule has 3 aromatic heterocycles. The average Bonchev–Trinajstić information content (AvgIpc) is 3.15. The van der Waals surface area contributed by atoms with Crippen molar-refractivity contribution in [2.24, 2.45) is 0 Å². The van der Waals surface area contributed by atoms with Crippen LogP contribution in [0.2, 0.25) is 0 Å². The molecule has 31 heavy (non-hydrogen) atoms. The molecule has 0 fully saturated rings. The normalized spacial score (nSPS) is 12.4. The van der Waals surface area contributed by atoms with E-state index in [1.54, 1.807) is 39.1 Å². The van der Waals surface area contributed by atoms with Crippen LogP contribution in [0, 0.1) is 11.3 Å². The van der Waals surface area contributed by atoms with Crippen LogP contribution in [0.3, 0.4) is 0 Å². The molecule has 0 spiro atoms. The molecule has 0 aliphatic carbocycles.